The van der Waals surface area contributed by atoms with Crippen molar-refractivity contribution in [2.24, 2.45) is 0 Å². The number of hydrogen-bond donors (Lipinski definition) is 0. The van der Waals surface area contributed by atoms with Crippen molar-refractivity contribution in [3.63, 3.8) is 0 Å². The minimum atomic E-state index is 0.779. The van der Waals surface area contributed by atoms with Gasteiger partial charge >= 0.3 is 0 Å². The van der Waals surface area contributed by atoms with Gasteiger partial charge in [0.2, 0.25) is 0 Å². The van der Waals surface area contributed by atoms with Crippen molar-refractivity contribution < 1.29 is 4.57 Å². The van der Waals surface area contributed by atoms with Gasteiger partial charge in [-0.1, -0.05) is 24.3 Å². The number of pyridine rings is 2. The topological polar surface area (TPSA) is 16.8 Å². The number of aromatic nitrogens is 2. The molecule has 0 spiro atoms. The van der Waals surface area contributed by atoms with Crippen LogP contribution in [0.5, 0.6) is 0 Å². The molecular weight excluding hydrogens is 280 g/mol. The molecule has 2 nitrogen and oxygen atoms in total. The van der Waals surface area contributed by atoms with Crippen molar-refractivity contribution >= 4 is 10.9 Å². The van der Waals surface area contributed by atoms with Crippen LogP contribution in [0.25, 0.3) is 10.9 Å². The third kappa shape index (κ3) is 3.76. The zero-order chi connectivity index (χ0) is 15.9. The highest BCUT2D eigenvalue weighted by Crippen LogP contribution is 2.11. The van der Waals surface area contributed by atoms with Gasteiger partial charge in [0.25, 0.3) is 5.69 Å². The second-order valence-corrected chi connectivity index (χ2v) is 5.23. The molecule has 0 aliphatic heterocycles. The quantitative estimate of drug-likeness (QED) is 0.411. The molecule has 2 heteroatoms. The highest BCUT2D eigenvalue weighted by Gasteiger charge is 2.05. The van der Waals surface area contributed by atoms with E-state index in [1.807, 2.05) is 48.7 Å². The normalized spacial score (nSPS) is 9.87. The molecule has 110 valence electrons. The van der Waals surface area contributed by atoms with Gasteiger partial charge in [0, 0.05) is 36.3 Å². The predicted octanol–water partition coefficient (Wildman–Crippen LogP) is 3.34. The zero-order valence-corrected chi connectivity index (χ0v) is 12.9. The van der Waals surface area contributed by atoms with E-state index >= 15 is 0 Å². The molecule has 2 heterocycles. The molecule has 0 bridgehead atoms. The Bertz CT molecular complexity index is 923. The van der Waals surface area contributed by atoms with Crippen LogP contribution in [0.2, 0.25) is 0 Å². The van der Waals surface area contributed by atoms with Crippen LogP contribution >= 0.6 is 0 Å². The van der Waals surface area contributed by atoms with Crippen molar-refractivity contribution in [2.75, 3.05) is 0 Å². The number of nitrogens with zero attached hydrogens (tertiary/aromatic N) is 2. The molecule has 0 aliphatic carbocycles. The summed E-state index contributed by atoms with van der Waals surface area (Å²) in [4.78, 5) is 4.59. The summed E-state index contributed by atoms with van der Waals surface area (Å²) >= 11 is 0. The summed E-state index contributed by atoms with van der Waals surface area (Å²) < 4.78 is 2.13. The molecule has 2 aromatic heterocycles. The van der Waals surface area contributed by atoms with E-state index in [1.54, 1.807) is 0 Å². The number of para-hydroxylation sites is 1. The molecule has 0 atom stereocenters. The molecule has 3 aromatic rings. The number of terminal acetylenes is 1. The van der Waals surface area contributed by atoms with Gasteiger partial charge in [-0.25, -0.2) is 4.98 Å². The van der Waals surface area contributed by atoms with Crippen LogP contribution in [0.1, 0.15) is 24.2 Å². The van der Waals surface area contributed by atoms with E-state index in [0.717, 1.165) is 41.7 Å². The Balaban J connectivity index is 1.87. The van der Waals surface area contributed by atoms with Gasteiger partial charge in [-0.15, -0.1) is 12.3 Å². The number of rotatable bonds is 3. The van der Waals surface area contributed by atoms with E-state index in [1.165, 1.54) is 0 Å². The van der Waals surface area contributed by atoms with E-state index < -0.39 is 0 Å². The third-order valence-corrected chi connectivity index (χ3v) is 3.58. The summed E-state index contributed by atoms with van der Waals surface area (Å²) in [6.07, 6.45) is 9.08. The van der Waals surface area contributed by atoms with Gasteiger partial charge in [0.1, 0.15) is 5.69 Å². The van der Waals surface area contributed by atoms with Crippen LogP contribution in [0.15, 0.2) is 60.8 Å². The minimum Gasteiger partial charge on any atom is -0.239 e. The summed E-state index contributed by atoms with van der Waals surface area (Å²) in [5.41, 5.74) is 2.72. The molecule has 0 radical (unpaired) electrons. The van der Waals surface area contributed by atoms with Crippen molar-refractivity contribution in [1.29, 1.82) is 0 Å². The zero-order valence-electron chi connectivity index (χ0n) is 12.9. The molecule has 3 rings (SSSR count). The van der Waals surface area contributed by atoms with E-state index in [-0.39, 0.29) is 0 Å². The fourth-order valence-corrected chi connectivity index (χ4v) is 2.40. The fourth-order valence-electron chi connectivity index (χ4n) is 2.40. The smallest absolute Gasteiger partial charge is 0.239 e. The van der Waals surface area contributed by atoms with Crippen LogP contribution in [0.4, 0.5) is 0 Å². The molecule has 0 aliphatic rings. The largest absolute Gasteiger partial charge is 0.257 e. The molecule has 0 saturated heterocycles. The van der Waals surface area contributed by atoms with Gasteiger partial charge in [-0.2, -0.15) is 4.57 Å². The second kappa shape index (κ2) is 7.25. The Morgan fingerprint density at radius 2 is 1.83 bits per heavy atom. The molecule has 0 amide bonds. The lowest BCUT2D eigenvalue weighted by Crippen LogP contribution is -2.36. The number of aryl methyl sites for hydroxylation is 1. The summed E-state index contributed by atoms with van der Waals surface area (Å²) in [5, 5.41) is 1.13. The summed E-state index contributed by atoms with van der Waals surface area (Å²) in [7, 11) is 0. The Morgan fingerprint density at radius 3 is 2.74 bits per heavy atom. The summed E-state index contributed by atoms with van der Waals surface area (Å²) in [5.74, 6) is 9.05. The third-order valence-electron chi connectivity index (χ3n) is 3.58. The van der Waals surface area contributed by atoms with E-state index in [0.29, 0.717) is 0 Å². The maximum absolute atomic E-state index is 5.32. The molecule has 1 aromatic carbocycles. The van der Waals surface area contributed by atoms with Crippen molar-refractivity contribution in [2.45, 2.75) is 19.4 Å². The maximum atomic E-state index is 5.32. The number of benzene rings is 1. The van der Waals surface area contributed by atoms with Gasteiger partial charge < -0.3 is 0 Å². The van der Waals surface area contributed by atoms with E-state index in [2.05, 4.69) is 39.4 Å². The SMILES string of the molecule is C#CCCC[n+]1ccccc1C#Cc1ccc2ccccc2n1. The number of fused-ring (bicyclic) bond motifs is 1. The monoisotopic (exact) mass is 297 g/mol. The fraction of sp³-hybridized carbons (Fsp3) is 0.143. The average Bonchev–Trinajstić information content (AvgIpc) is 2.61. The molecule has 0 fully saturated rings. The number of unbranched alkanes of at least 4 members (excludes halogenated alkanes) is 1. The Kier molecular flexibility index (Phi) is 4.67. The average molecular weight is 297 g/mol. The summed E-state index contributed by atoms with van der Waals surface area (Å²) in [6.45, 7) is 0.875. The van der Waals surface area contributed by atoms with Gasteiger partial charge in [0.05, 0.1) is 5.52 Å². The van der Waals surface area contributed by atoms with Crippen LogP contribution < -0.4 is 4.57 Å². The Hall–Kier alpha value is -3.10. The lowest BCUT2D eigenvalue weighted by atomic mass is 10.2. The lowest BCUT2D eigenvalue weighted by Gasteiger charge is -1.98. The van der Waals surface area contributed by atoms with Crippen LogP contribution in [0, 0.1) is 24.2 Å². The predicted molar refractivity (Wildman–Crippen MR) is 92.4 cm³/mol. The van der Waals surface area contributed by atoms with E-state index in [9.17, 15) is 0 Å². The van der Waals surface area contributed by atoms with Gasteiger partial charge in [-0.3, -0.25) is 0 Å². The summed E-state index contributed by atoms with van der Waals surface area (Å²) in [6, 6.07) is 18.1. The molecular formula is C21H17N2+. The minimum absolute atomic E-state index is 0.779. The van der Waals surface area contributed by atoms with Gasteiger partial charge in [-0.05, 0) is 24.1 Å². The Labute approximate surface area is 136 Å². The molecule has 0 N–H and O–H groups in total. The highest BCUT2D eigenvalue weighted by atomic mass is 14.9. The maximum Gasteiger partial charge on any atom is 0.257 e. The first-order valence-corrected chi connectivity index (χ1v) is 7.66. The first-order chi connectivity index (χ1) is 11.4. The van der Waals surface area contributed by atoms with Crippen molar-refractivity contribution in [1.82, 2.24) is 4.98 Å². The molecule has 23 heavy (non-hydrogen) atoms. The second-order valence-electron chi connectivity index (χ2n) is 5.23. The standard InChI is InChI=1S/C21H17N2/c1-2-3-7-16-23-17-8-6-10-20(23)15-14-19-13-12-18-9-4-5-11-21(18)22-19/h1,4-6,8-13,17H,3,7,16H2/q+1. The molecule has 0 unspecified atom stereocenters. The lowest BCUT2D eigenvalue weighted by molar-refractivity contribution is -0.699. The van der Waals surface area contributed by atoms with Crippen LogP contribution in [-0.2, 0) is 6.54 Å². The van der Waals surface area contributed by atoms with Crippen molar-refractivity contribution in [3.05, 3.63) is 72.2 Å². The van der Waals surface area contributed by atoms with Crippen LogP contribution in [-0.4, -0.2) is 4.98 Å². The first-order valence-electron chi connectivity index (χ1n) is 7.66. The molecule has 0 saturated carbocycles. The highest BCUT2D eigenvalue weighted by molar-refractivity contribution is 5.78. The van der Waals surface area contributed by atoms with Crippen LogP contribution in [0.3, 0.4) is 0 Å². The van der Waals surface area contributed by atoms with Gasteiger partial charge in [0.15, 0.2) is 12.7 Å². The van der Waals surface area contributed by atoms with E-state index in [4.69, 9.17) is 6.42 Å². The first kappa shape index (κ1) is 14.8. The number of hydrogen-bond acceptors (Lipinski definition) is 1. The Morgan fingerprint density at radius 1 is 0.957 bits per heavy atom. The van der Waals surface area contributed by atoms with Crippen molar-refractivity contribution in [3.8, 4) is 24.2 Å².